The van der Waals surface area contributed by atoms with E-state index in [-0.39, 0.29) is 25.7 Å². The molecule has 0 heterocycles. The molecule has 0 bridgehead atoms. The van der Waals surface area contributed by atoms with Gasteiger partial charge in [0, 0.05) is 25.7 Å². The molecule has 0 radical (unpaired) electrons. The van der Waals surface area contributed by atoms with Crippen molar-refractivity contribution >= 4 is 39.5 Å². The number of esters is 4. The molecule has 7 atom stereocenters. The van der Waals surface area contributed by atoms with Crippen LogP contribution < -0.4 is 0 Å². The maximum Gasteiger partial charge on any atom is 0.472 e. The summed E-state index contributed by atoms with van der Waals surface area (Å²) in [6, 6.07) is 0. The number of ether oxygens (including phenoxy) is 4. The maximum absolute atomic E-state index is 13.1. The van der Waals surface area contributed by atoms with E-state index in [1.807, 2.05) is 0 Å². The average molecular weight is 1350 g/mol. The van der Waals surface area contributed by atoms with Crippen molar-refractivity contribution in [2.24, 2.45) is 17.8 Å². The van der Waals surface area contributed by atoms with Crippen LogP contribution in [0.15, 0.2) is 0 Å². The third-order valence-corrected chi connectivity index (χ3v) is 19.5. The molecule has 0 saturated carbocycles. The molecule has 92 heavy (non-hydrogen) atoms. The van der Waals surface area contributed by atoms with Crippen LogP contribution >= 0.6 is 15.6 Å². The van der Waals surface area contributed by atoms with Gasteiger partial charge in [-0.1, -0.05) is 318 Å². The Morgan fingerprint density at radius 3 is 0.826 bits per heavy atom. The van der Waals surface area contributed by atoms with Crippen molar-refractivity contribution < 1.29 is 80.2 Å². The molecule has 17 nitrogen and oxygen atoms in total. The van der Waals surface area contributed by atoms with E-state index in [1.54, 1.807) is 0 Å². The van der Waals surface area contributed by atoms with Crippen molar-refractivity contribution in [2.45, 2.75) is 388 Å². The molecule has 3 N–H and O–H groups in total. The zero-order valence-corrected chi connectivity index (χ0v) is 61.8. The fraction of sp³-hybridized carbons (Fsp3) is 0.945. The summed E-state index contributed by atoms with van der Waals surface area (Å²) >= 11 is 0. The number of carbonyl (C=O) groups is 4. The molecular formula is C73H142O17P2. The van der Waals surface area contributed by atoms with Crippen molar-refractivity contribution in [3.63, 3.8) is 0 Å². The van der Waals surface area contributed by atoms with Gasteiger partial charge in [-0.3, -0.25) is 37.3 Å². The molecular weight excluding hydrogens is 1210 g/mol. The second kappa shape index (κ2) is 63.8. The normalized spacial score (nSPS) is 14.7. The lowest BCUT2D eigenvalue weighted by molar-refractivity contribution is -0.161. The van der Waals surface area contributed by atoms with Crippen molar-refractivity contribution in [2.75, 3.05) is 39.6 Å². The van der Waals surface area contributed by atoms with Crippen molar-refractivity contribution in [1.82, 2.24) is 0 Å². The standard InChI is InChI=1S/C73H142O17P2/c1-8-11-12-37-47-54-70(75)83-60-68(89-73(78)57-50-43-36-30-29-33-40-46-53-66(7)10-3)62-87-91(79,80)85-58-67(74)59-86-92(81,82)88-63-69(61-84-71(76)55-48-41-34-27-24-23-25-31-38-44-51-64(4)5)90-72(77)56-49-42-35-28-22-20-18-16-14-13-15-17-19-21-26-32-39-45-52-65(6)9-2/h64-69,74H,8-63H2,1-7H3,(H,79,80)(H,81,82)/t65?,66?,67-,68+,69+/m0/s1. The van der Waals surface area contributed by atoms with Crippen molar-refractivity contribution in [3.8, 4) is 0 Å². The predicted octanol–water partition coefficient (Wildman–Crippen LogP) is 21.0. The van der Waals surface area contributed by atoms with E-state index in [4.69, 9.17) is 37.0 Å². The first-order chi connectivity index (χ1) is 44.3. The lowest BCUT2D eigenvalue weighted by atomic mass is 9.99. The first kappa shape index (κ1) is 90.1. The molecule has 0 amide bonds. The summed E-state index contributed by atoms with van der Waals surface area (Å²) in [4.78, 5) is 72.4. The number of phosphoric acid groups is 2. The summed E-state index contributed by atoms with van der Waals surface area (Å²) in [6.07, 6.45) is 49.0. The molecule has 546 valence electrons. The first-order valence-electron chi connectivity index (χ1n) is 37.9. The topological polar surface area (TPSA) is 237 Å². The van der Waals surface area contributed by atoms with Crippen LogP contribution in [0.4, 0.5) is 0 Å². The second-order valence-corrected chi connectivity index (χ2v) is 30.2. The number of rotatable bonds is 71. The van der Waals surface area contributed by atoms with Gasteiger partial charge >= 0.3 is 39.5 Å². The Hall–Kier alpha value is -1.94. The van der Waals surface area contributed by atoms with Crippen LogP contribution in [0.25, 0.3) is 0 Å². The lowest BCUT2D eigenvalue weighted by Crippen LogP contribution is -2.30. The van der Waals surface area contributed by atoms with Crippen LogP contribution in [0, 0.1) is 17.8 Å². The molecule has 4 unspecified atom stereocenters. The fourth-order valence-corrected chi connectivity index (χ4v) is 12.6. The Bertz CT molecular complexity index is 1810. The summed E-state index contributed by atoms with van der Waals surface area (Å²) < 4.78 is 68.1. The number of hydrogen-bond acceptors (Lipinski definition) is 15. The summed E-state index contributed by atoms with van der Waals surface area (Å²) in [5.41, 5.74) is 0. The van der Waals surface area contributed by atoms with Crippen LogP contribution in [0.3, 0.4) is 0 Å². The van der Waals surface area contributed by atoms with Gasteiger partial charge in [0.1, 0.15) is 19.3 Å². The van der Waals surface area contributed by atoms with Crippen molar-refractivity contribution in [1.29, 1.82) is 0 Å². The number of unbranched alkanes of at least 4 members (excludes halogenated alkanes) is 37. The maximum atomic E-state index is 13.1. The fourth-order valence-electron chi connectivity index (χ4n) is 11.0. The minimum atomic E-state index is -4.95. The minimum Gasteiger partial charge on any atom is -0.462 e. The molecule has 0 aromatic carbocycles. The third-order valence-electron chi connectivity index (χ3n) is 17.6. The number of aliphatic hydroxyl groups excluding tert-OH is 1. The Kier molecular flexibility index (Phi) is 62.4. The summed E-state index contributed by atoms with van der Waals surface area (Å²) in [6.45, 7) is 11.8. The van der Waals surface area contributed by atoms with Crippen LogP contribution in [-0.4, -0.2) is 96.7 Å². The van der Waals surface area contributed by atoms with E-state index in [0.717, 1.165) is 114 Å². The zero-order chi connectivity index (χ0) is 68.0. The van der Waals surface area contributed by atoms with Crippen LogP contribution in [0.5, 0.6) is 0 Å². The van der Waals surface area contributed by atoms with Gasteiger partial charge in [-0.05, 0) is 43.4 Å². The molecule has 0 aliphatic carbocycles. The minimum absolute atomic E-state index is 0.104. The Morgan fingerprint density at radius 2 is 0.554 bits per heavy atom. The first-order valence-corrected chi connectivity index (χ1v) is 40.9. The lowest BCUT2D eigenvalue weighted by Gasteiger charge is -2.21. The highest BCUT2D eigenvalue weighted by Gasteiger charge is 2.30. The van der Waals surface area contributed by atoms with E-state index in [2.05, 4.69) is 48.5 Å². The van der Waals surface area contributed by atoms with Gasteiger partial charge in [-0.2, -0.15) is 0 Å². The van der Waals surface area contributed by atoms with E-state index in [9.17, 15) is 43.2 Å². The van der Waals surface area contributed by atoms with Gasteiger partial charge in [0.25, 0.3) is 0 Å². The Balaban J connectivity index is 5.11. The van der Waals surface area contributed by atoms with Crippen LogP contribution in [-0.2, 0) is 65.4 Å². The van der Waals surface area contributed by atoms with Crippen molar-refractivity contribution in [3.05, 3.63) is 0 Å². The average Bonchev–Trinajstić information content (AvgIpc) is 3.37. The number of carbonyl (C=O) groups excluding carboxylic acids is 4. The van der Waals surface area contributed by atoms with Crippen LogP contribution in [0.1, 0.15) is 370 Å². The number of aliphatic hydroxyl groups is 1. The second-order valence-electron chi connectivity index (χ2n) is 27.3. The molecule has 0 rings (SSSR count). The summed E-state index contributed by atoms with van der Waals surface area (Å²) in [5, 5.41) is 10.6. The largest absolute Gasteiger partial charge is 0.472 e. The van der Waals surface area contributed by atoms with E-state index < -0.39 is 97.5 Å². The molecule has 0 aromatic rings. The predicted molar refractivity (Wildman–Crippen MR) is 372 cm³/mol. The highest BCUT2D eigenvalue weighted by molar-refractivity contribution is 7.47. The van der Waals surface area contributed by atoms with E-state index in [1.165, 1.54) is 173 Å². The SMILES string of the molecule is CCCCCCCC(=O)OC[C@H](COP(=O)(O)OC[C@H](O)COP(=O)(O)OC[C@@H](COC(=O)CCCCCCCCCCCCC(C)C)OC(=O)CCCCCCCCCCCCCCCCCCCCC(C)CC)OC(=O)CCCCCCCCCCC(C)CC. The molecule has 0 fully saturated rings. The molecule has 0 aromatic heterocycles. The summed E-state index contributed by atoms with van der Waals surface area (Å²) in [5.74, 6) is 0.264. The monoisotopic (exact) mass is 1350 g/mol. The van der Waals surface area contributed by atoms with E-state index in [0.29, 0.717) is 25.7 Å². The van der Waals surface area contributed by atoms with Gasteiger partial charge in [-0.15, -0.1) is 0 Å². The molecule has 0 saturated heterocycles. The number of phosphoric ester groups is 2. The third kappa shape index (κ3) is 64.1. The zero-order valence-electron chi connectivity index (χ0n) is 60.0. The van der Waals surface area contributed by atoms with Gasteiger partial charge in [0.2, 0.25) is 0 Å². The number of hydrogen-bond donors (Lipinski definition) is 3. The molecule has 0 spiro atoms. The van der Waals surface area contributed by atoms with Crippen LogP contribution in [0.2, 0.25) is 0 Å². The quantitative estimate of drug-likeness (QED) is 0.0222. The molecule has 19 heteroatoms. The smallest absolute Gasteiger partial charge is 0.462 e. The Morgan fingerprint density at radius 1 is 0.315 bits per heavy atom. The van der Waals surface area contributed by atoms with Gasteiger partial charge < -0.3 is 33.8 Å². The highest BCUT2D eigenvalue weighted by Crippen LogP contribution is 2.45. The van der Waals surface area contributed by atoms with Gasteiger partial charge in [-0.25, -0.2) is 9.13 Å². The van der Waals surface area contributed by atoms with Gasteiger partial charge in [0.05, 0.1) is 26.4 Å². The highest BCUT2D eigenvalue weighted by atomic mass is 31.2. The molecule has 0 aliphatic rings. The van der Waals surface area contributed by atoms with E-state index >= 15 is 0 Å². The van der Waals surface area contributed by atoms with Gasteiger partial charge in [0.15, 0.2) is 12.2 Å². The Labute approximate surface area is 562 Å². The molecule has 0 aliphatic heterocycles. The summed E-state index contributed by atoms with van der Waals surface area (Å²) in [7, 11) is -9.90.